The van der Waals surface area contributed by atoms with Crippen LogP contribution in [-0.2, 0) is 37.1 Å². The highest BCUT2D eigenvalue weighted by Crippen LogP contribution is 2.35. The molecule has 2 heterocycles. The molecule has 0 aliphatic heterocycles. The molecule has 0 radical (unpaired) electrons. The van der Waals surface area contributed by atoms with Crippen LogP contribution >= 0.6 is 11.3 Å². The lowest BCUT2D eigenvalue weighted by atomic mass is 10.1. The molecule has 1 aromatic carbocycles. The predicted octanol–water partition coefficient (Wildman–Crippen LogP) is 1.10. The Balaban J connectivity index is 1.77. The van der Waals surface area contributed by atoms with Crippen LogP contribution in [0.4, 0.5) is 0 Å². The highest BCUT2D eigenvalue weighted by atomic mass is 32.1. The van der Waals surface area contributed by atoms with E-state index in [1.54, 1.807) is 4.57 Å². The van der Waals surface area contributed by atoms with Gasteiger partial charge >= 0.3 is 5.69 Å². The summed E-state index contributed by atoms with van der Waals surface area (Å²) in [6, 6.07) is 9.98. The number of rotatable bonds is 6. The van der Waals surface area contributed by atoms with Gasteiger partial charge in [-0.15, -0.1) is 11.3 Å². The minimum atomic E-state index is -1.43. The van der Waals surface area contributed by atoms with Crippen molar-refractivity contribution >= 4 is 27.5 Å². The van der Waals surface area contributed by atoms with Gasteiger partial charge in [-0.25, -0.2) is 4.79 Å². The molecule has 0 bridgehead atoms. The molecule has 3 aromatic rings. The molecule has 1 aliphatic carbocycles. The second kappa shape index (κ2) is 7.15. The number of aryl methyl sites for hydroxylation is 4. The highest BCUT2D eigenvalue weighted by Gasteiger charge is 2.24. The van der Waals surface area contributed by atoms with Gasteiger partial charge in [-0.05, 0) is 43.2 Å². The van der Waals surface area contributed by atoms with Crippen molar-refractivity contribution in [2.45, 2.75) is 45.2 Å². The number of carboxylic acids is 1. The number of thiophene rings is 1. The molecule has 27 heavy (non-hydrogen) atoms. The number of hydrogen-bond acceptors (Lipinski definition) is 5. The topological polar surface area (TPSA) is 84.1 Å². The first-order valence-electron chi connectivity index (χ1n) is 9.08. The zero-order valence-corrected chi connectivity index (χ0v) is 15.6. The molecule has 0 fully saturated rings. The normalized spacial score (nSPS) is 13.2. The zero-order valence-electron chi connectivity index (χ0n) is 14.8. The Hall–Kier alpha value is -2.67. The molecule has 1 aliphatic rings. The fourth-order valence-electron chi connectivity index (χ4n) is 3.81. The largest absolute Gasteiger partial charge is 0.548 e. The first-order chi connectivity index (χ1) is 13.1. The predicted molar refractivity (Wildman–Crippen MR) is 102 cm³/mol. The van der Waals surface area contributed by atoms with Crippen molar-refractivity contribution < 1.29 is 9.90 Å². The number of aromatic nitrogens is 2. The average molecular weight is 383 g/mol. The second-order valence-electron chi connectivity index (χ2n) is 6.82. The molecule has 4 rings (SSSR count). The van der Waals surface area contributed by atoms with Gasteiger partial charge in [0.15, 0.2) is 0 Å². The van der Waals surface area contributed by atoms with Gasteiger partial charge in [-0.1, -0.05) is 30.3 Å². The third kappa shape index (κ3) is 3.23. The summed E-state index contributed by atoms with van der Waals surface area (Å²) in [6.07, 6.45) is 4.24. The first-order valence-corrected chi connectivity index (χ1v) is 9.89. The zero-order chi connectivity index (χ0) is 19.0. The lowest BCUT2D eigenvalue weighted by Gasteiger charge is -2.13. The van der Waals surface area contributed by atoms with Gasteiger partial charge in [0, 0.05) is 11.4 Å². The number of nitrogens with zero attached hydrogens (tertiary/aromatic N) is 2. The van der Waals surface area contributed by atoms with E-state index in [1.807, 2.05) is 30.3 Å². The van der Waals surface area contributed by atoms with Crippen LogP contribution in [0.25, 0.3) is 10.2 Å². The SMILES string of the molecule is O=C([O-])Cn1c(=O)c2c3c(sc2n(CCCc2ccccc2)c1=O)CCC3. The molecule has 0 amide bonds. The van der Waals surface area contributed by atoms with Crippen LogP contribution in [0.5, 0.6) is 0 Å². The maximum Gasteiger partial charge on any atom is 0.332 e. The molecule has 0 spiro atoms. The van der Waals surface area contributed by atoms with Crippen molar-refractivity contribution in [2.75, 3.05) is 0 Å². The smallest absolute Gasteiger partial charge is 0.332 e. The van der Waals surface area contributed by atoms with Crippen molar-refractivity contribution in [1.82, 2.24) is 9.13 Å². The third-order valence-electron chi connectivity index (χ3n) is 5.05. The van der Waals surface area contributed by atoms with E-state index >= 15 is 0 Å². The minimum Gasteiger partial charge on any atom is -0.548 e. The number of carbonyl (C=O) groups excluding carboxylic acids is 1. The summed E-state index contributed by atoms with van der Waals surface area (Å²) in [5, 5.41) is 11.6. The Morgan fingerprint density at radius 1 is 1.11 bits per heavy atom. The second-order valence-corrected chi connectivity index (χ2v) is 7.91. The Morgan fingerprint density at radius 2 is 1.89 bits per heavy atom. The number of hydrogen-bond donors (Lipinski definition) is 0. The van der Waals surface area contributed by atoms with Gasteiger partial charge in [-0.3, -0.25) is 13.9 Å². The maximum atomic E-state index is 12.8. The summed E-state index contributed by atoms with van der Waals surface area (Å²) in [5.74, 6) is -1.43. The highest BCUT2D eigenvalue weighted by molar-refractivity contribution is 7.18. The number of benzene rings is 1. The van der Waals surface area contributed by atoms with E-state index in [9.17, 15) is 19.5 Å². The van der Waals surface area contributed by atoms with Crippen LogP contribution in [0.15, 0.2) is 39.9 Å². The Bertz CT molecular complexity index is 1120. The maximum absolute atomic E-state index is 12.8. The van der Waals surface area contributed by atoms with E-state index in [1.165, 1.54) is 16.9 Å². The summed E-state index contributed by atoms with van der Waals surface area (Å²) in [6.45, 7) is -0.270. The fraction of sp³-hybridized carbons (Fsp3) is 0.350. The van der Waals surface area contributed by atoms with Gasteiger partial charge in [0.2, 0.25) is 0 Å². The van der Waals surface area contributed by atoms with Gasteiger partial charge in [0.05, 0.1) is 17.9 Å². The Morgan fingerprint density at radius 3 is 2.63 bits per heavy atom. The Kier molecular flexibility index (Phi) is 4.70. The lowest BCUT2D eigenvalue weighted by Crippen LogP contribution is -2.44. The van der Waals surface area contributed by atoms with Crippen LogP contribution in [0, 0.1) is 0 Å². The molecule has 2 aromatic heterocycles. The quantitative estimate of drug-likeness (QED) is 0.638. The third-order valence-corrected chi connectivity index (χ3v) is 6.36. The lowest BCUT2D eigenvalue weighted by molar-refractivity contribution is -0.306. The van der Waals surface area contributed by atoms with Crippen molar-refractivity contribution in [3.05, 3.63) is 67.2 Å². The van der Waals surface area contributed by atoms with Crippen LogP contribution in [0.1, 0.15) is 28.8 Å². The van der Waals surface area contributed by atoms with E-state index < -0.39 is 23.8 Å². The minimum absolute atomic E-state index is 0.441. The van der Waals surface area contributed by atoms with Crippen molar-refractivity contribution in [2.24, 2.45) is 0 Å². The molecule has 140 valence electrons. The van der Waals surface area contributed by atoms with E-state index in [0.29, 0.717) is 16.8 Å². The van der Waals surface area contributed by atoms with Gasteiger partial charge in [0.1, 0.15) is 4.83 Å². The van der Waals surface area contributed by atoms with Crippen molar-refractivity contribution in [3.8, 4) is 0 Å². The van der Waals surface area contributed by atoms with E-state index in [0.717, 1.165) is 47.1 Å². The summed E-state index contributed by atoms with van der Waals surface area (Å²) in [7, 11) is 0. The van der Waals surface area contributed by atoms with E-state index in [-0.39, 0.29) is 0 Å². The van der Waals surface area contributed by atoms with Crippen molar-refractivity contribution in [1.29, 1.82) is 0 Å². The molecule has 0 unspecified atom stereocenters. The van der Waals surface area contributed by atoms with E-state index in [2.05, 4.69) is 0 Å². The molecule has 0 saturated heterocycles. The number of carbonyl (C=O) groups is 1. The summed E-state index contributed by atoms with van der Waals surface area (Å²) >= 11 is 1.50. The number of aliphatic carboxylic acids is 1. The van der Waals surface area contributed by atoms with Gasteiger partial charge in [-0.2, -0.15) is 0 Å². The molecule has 7 heteroatoms. The summed E-state index contributed by atoms with van der Waals surface area (Å²) in [4.78, 5) is 38.6. The molecule has 6 nitrogen and oxygen atoms in total. The molecule has 0 N–H and O–H groups in total. The van der Waals surface area contributed by atoms with Gasteiger partial charge < -0.3 is 9.90 Å². The van der Waals surface area contributed by atoms with Crippen LogP contribution in [0.2, 0.25) is 0 Å². The van der Waals surface area contributed by atoms with E-state index in [4.69, 9.17) is 0 Å². The number of carboxylic acid groups (broad SMARTS) is 1. The van der Waals surface area contributed by atoms with Crippen LogP contribution in [-0.4, -0.2) is 15.1 Å². The van der Waals surface area contributed by atoms with Crippen molar-refractivity contribution in [3.63, 3.8) is 0 Å². The number of fused-ring (bicyclic) bond motifs is 3. The monoisotopic (exact) mass is 383 g/mol. The van der Waals surface area contributed by atoms with Gasteiger partial charge in [0.25, 0.3) is 5.56 Å². The van der Waals surface area contributed by atoms with Crippen LogP contribution in [0.3, 0.4) is 0 Å². The molecule has 0 atom stereocenters. The summed E-state index contributed by atoms with van der Waals surface area (Å²) < 4.78 is 2.39. The standard InChI is InChI=1S/C20H20N2O4S/c23-16(24)12-22-18(25)17-14-9-4-10-15(14)27-19(17)21(20(22)26)11-5-8-13-6-2-1-3-7-13/h1-3,6-7H,4-5,8-12H2,(H,23,24)/p-1. The summed E-state index contributed by atoms with van der Waals surface area (Å²) in [5.41, 5.74) is 1.10. The first kappa shape index (κ1) is 17.7. The molecular formula is C20H19N2O4S-. The van der Waals surface area contributed by atoms with Crippen LogP contribution < -0.4 is 16.4 Å². The average Bonchev–Trinajstić information content (AvgIpc) is 3.23. The fourth-order valence-corrected chi connectivity index (χ4v) is 5.21. The molecule has 0 saturated carbocycles. The Labute approximate surface area is 159 Å². The molecular weight excluding hydrogens is 364 g/mol.